The summed E-state index contributed by atoms with van der Waals surface area (Å²) in [6, 6.07) is 5.39. The number of amides is 2. The Hall–Kier alpha value is -1.91. The first-order valence-electron chi connectivity index (χ1n) is 7.20. The lowest BCUT2D eigenvalue weighted by atomic mass is 10.2. The number of unbranched alkanes of at least 4 members (excludes halogenated alkanes) is 1. The van der Waals surface area contributed by atoms with Crippen LogP contribution in [0.15, 0.2) is 24.4 Å². The Morgan fingerprint density at radius 1 is 1.45 bits per heavy atom. The zero-order valence-electron chi connectivity index (χ0n) is 11.8. The third-order valence-electron chi connectivity index (χ3n) is 3.48. The monoisotopic (exact) mass is 275 g/mol. The Balaban J connectivity index is 1.83. The minimum absolute atomic E-state index is 0.0593. The summed E-state index contributed by atoms with van der Waals surface area (Å²) in [7, 11) is 0. The van der Waals surface area contributed by atoms with Crippen LogP contribution in [0.4, 0.5) is 0 Å². The molecule has 1 aliphatic rings. The van der Waals surface area contributed by atoms with Crippen LogP contribution in [-0.2, 0) is 4.79 Å². The highest BCUT2D eigenvalue weighted by molar-refractivity contribution is 5.92. The zero-order chi connectivity index (χ0) is 14.4. The van der Waals surface area contributed by atoms with Crippen LogP contribution in [-0.4, -0.2) is 40.8 Å². The lowest BCUT2D eigenvalue weighted by Crippen LogP contribution is -2.38. The van der Waals surface area contributed by atoms with Gasteiger partial charge in [0.2, 0.25) is 5.91 Å². The van der Waals surface area contributed by atoms with Gasteiger partial charge in [0.15, 0.2) is 0 Å². The van der Waals surface area contributed by atoms with E-state index in [9.17, 15) is 9.59 Å². The predicted octanol–water partition coefficient (Wildman–Crippen LogP) is 1.60. The fourth-order valence-corrected chi connectivity index (χ4v) is 2.35. The molecule has 2 rings (SSSR count). The molecule has 0 spiro atoms. The van der Waals surface area contributed by atoms with Gasteiger partial charge in [0.25, 0.3) is 5.91 Å². The lowest BCUT2D eigenvalue weighted by Gasteiger charge is -2.16. The number of nitrogens with zero attached hydrogens (tertiary/aromatic N) is 2. The van der Waals surface area contributed by atoms with E-state index in [1.54, 1.807) is 29.3 Å². The maximum atomic E-state index is 12.2. The second kappa shape index (κ2) is 7.03. The Bertz CT molecular complexity index is 461. The van der Waals surface area contributed by atoms with Crippen molar-refractivity contribution in [2.75, 3.05) is 13.1 Å². The molecule has 2 amide bonds. The molecule has 1 aromatic heterocycles. The van der Waals surface area contributed by atoms with E-state index in [-0.39, 0.29) is 17.9 Å². The second-order valence-corrected chi connectivity index (χ2v) is 5.12. The molecular weight excluding hydrogens is 254 g/mol. The van der Waals surface area contributed by atoms with E-state index in [0.29, 0.717) is 25.2 Å². The maximum Gasteiger partial charge on any atom is 0.272 e. The fraction of sp³-hybridized carbons (Fsp3) is 0.533. The van der Waals surface area contributed by atoms with Crippen molar-refractivity contribution in [3.05, 3.63) is 30.1 Å². The molecule has 1 N–H and O–H groups in total. The molecule has 1 atom stereocenters. The molecule has 5 nitrogen and oxygen atoms in total. The quantitative estimate of drug-likeness (QED) is 0.888. The molecule has 0 aliphatic carbocycles. The Morgan fingerprint density at radius 2 is 2.30 bits per heavy atom. The van der Waals surface area contributed by atoms with E-state index in [1.165, 1.54) is 0 Å². The standard InChI is InChI=1S/C15H21N3O2/c1-2-3-7-14(19)17-12-8-10-18(11-12)15(20)13-6-4-5-9-16-13/h4-6,9,12H,2-3,7-8,10-11H2,1H3,(H,17,19)/t12-/m0/s1. The number of rotatable bonds is 5. The van der Waals surface area contributed by atoms with E-state index in [2.05, 4.69) is 17.2 Å². The van der Waals surface area contributed by atoms with Gasteiger partial charge in [-0.05, 0) is 25.0 Å². The van der Waals surface area contributed by atoms with E-state index in [0.717, 1.165) is 19.3 Å². The second-order valence-electron chi connectivity index (χ2n) is 5.12. The van der Waals surface area contributed by atoms with Gasteiger partial charge in [-0.1, -0.05) is 19.4 Å². The molecule has 0 unspecified atom stereocenters. The van der Waals surface area contributed by atoms with Crippen molar-refractivity contribution in [1.29, 1.82) is 0 Å². The van der Waals surface area contributed by atoms with Crippen molar-refractivity contribution in [3.63, 3.8) is 0 Å². The molecule has 0 aromatic carbocycles. The van der Waals surface area contributed by atoms with Crippen LogP contribution >= 0.6 is 0 Å². The number of carbonyl (C=O) groups excluding carboxylic acids is 2. The summed E-state index contributed by atoms with van der Waals surface area (Å²) in [4.78, 5) is 29.7. The summed E-state index contributed by atoms with van der Waals surface area (Å²) in [5.41, 5.74) is 0.463. The van der Waals surface area contributed by atoms with Gasteiger partial charge in [-0.3, -0.25) is 14.6 Å². The van der Waals surface area contributed by atoms with Crippen LogP contribution in [0.2, 0.25) is 0 Å². The molecular formula is C15H21N3O2. The van der Waals surface area contributed by atoms with Crippen molar-refractivity contribution in [3.8, 4) is 0 Å². The van der Waals surface area contributed by atoms with Crippen LogP contribution in [0.25, 0.3) is 0 Å². The first-order valence-corrected chi connectivity index (χ1v) is 7.20. The largest absolute Gasteiger partial charge is 0.352 e. The molecule has 0 radical (unpaired) electrons. The van der Waals surface area contributed by atoms with Gasteiger partial charge in [0, 0.05) is 31.7 Å². The molecule has 20 heavy (non-hydrogen) atoms. The SMILES string of the molecule is CCCCC(=O)N[C@H]1CCN(C(=O)c2ccccn2)C1. The number of nitrogens with one attached hydrogen (secondary N) is 1. The number of carbonyl (C=O) groups is 2. The minimum atomic E-state index is -0.0593. The normalized spacial score (nSPS) is 18.1. The number of aromatic nitrogens is 1. The van der Waals surface area contributed by atoms with Crippen molar-refractivity contribution in [2.45, 2.75) is 38.6 Å². The van der Waals surface area contributed by atoms with Crippen molar-refractivity contribution >= 4 is 11.8 Å². The summed E-state index contributed by atoms with van der Waals surface area (Å²) in [5, 5.41) is 3.00. The third kappa shape index (κ3) is 3.79. The van der Waals surface area contributed by atoms with E-state index < -0.39 is 0 Å². The third-order valence-corrected chi connectivity index (χ3v) is 3.48. The molecule has 0 saturated carbocycles. The van der Waals surface area contributed by atoms with E-state index >= 15 is 0 Å². The molecule has 108 valence electrons. The highest BCUT2D eigenvalue weighted by Crippen LogP contribution is 2.12. The van der Waals surface area contributed by atoms with Crippen molar-refractivity contribution in [1.82, 2.24) is 15.2 Å². The highest BCUT2D eigenvalue weighted by Gasteiger charge is 2.28. The molecule has 5 heteroatoms. The molecule has 1 fully saturated rings. The topological polar surface area (TPSA) is 62.3 Å². The van der Waals surface area contributed by atoms with Crippen LogP contribution in [0, 0.1) is 0 Å². The molecule has 1 aromatic rings. The average molecular weight is 275 g/mol. The number of hydrogen-bond donors (Lipinski definition) is 1. The van der Waals surface area contributed by atoms with Gasteiger partial charge in [-0.2, -0.15) is 0 Å². The summed E-state index contributed by atoms with van der Waals surface area (Å²) in [5.74, 6) is 0.0277. The molecule has 2 heterocycles. The van der Waals surface area contributed by atoms with Gasteiger partial charge < -0.3 is 10.2 Å². The van der Waals surface area contributed by atoms with Crippen LogP contribution in [0.5, 0.6) is 0 Å². The summed E-state index contributed by atoms with van der Waals surface area (Å²) >= 11 is 0. The Morgan fingerprint density at radius 3 is 3.00 bits per heavy atom. The summed E-state index contributed by atoms with van der Waals surface area (Å²) < 4.78 is 0. The van der Waals surface area contributed by atoms with E-state index in [1.807, 2.05) is 0 Å². The molecule has 1 aliphatic heterocycles. The Kier molecular flexibility index (Phi) is 5.09. The lowest BCUT2D eigenvalue weighted by molar-refractivity contribution is -0.121. The number of pyridine rings is 1. The minimum Gasteiger partial charge on any atom is -0.352 e. The average Bonchev–Trinajstić information content (AvgIpc) is 2.93. The van der Waals surface area contributed by atoms with Crippen LogP contribution in [0.1, 0.15) is 43.1 Å². The summed E-state index contributed by atoms with van der Waals surface area (Å²) in [6.45, 7) is 3.32. The highest BCUT2D eigenvalue weighted by atomic mass is 16.2. The smallest absolute Gasteiger partial charge is 0.272 e. The summed E-state index contributed by atoms with van der Waals surface area (Å²) in [6.07, 6.45) is 4.93. The maximum absolute atomic E-state index is 12.2. The van der Waals surface area contributed by atoms with Gasteiger partial charge in [-0.25, -0.2) is 0 Å². The first-order chi connectivity index (χ1) is 9.70. The van der Waals surface area contributed by atoms with Crippen molar-refractivity contribution < 1.29 is 9.59 Å². The molecule has 0 bridgehead atoms. The molecule has 1 saturated heterocycles. The predicted molar refractivity (Wildman–Crippen MR) is 76.2 cm³/mol. The van der Waals surface area contributed by atoms with E-state index in [4.69, 9.17) is 0 Å². The Labute approximate surface area is 119 Å². The van der Waals surface area contributed by atoms with Gasteiger partial charge in [0.05, 0.1) is 0 Å². The fourth-order valence-electron chi connectivity index (χ4n) is 2.35. The number of hydrogen-bond acceptors (Lipinski definition) is 3. The van der Waals surface area contributed by atoms with Crippen molar-refractivity contribution in [2.24, 2.45) is 0 Å². The van der Waals surface area contributed by atoms with Crippen LogP contribution in [0.3, 0.4) is 0 Å². The van der Waals surface area contributed by atoms with Gasteiger partial charge in [-0.15, -0.1) is 0 Å². The van der Waals surface area contributed by atoms with Gasteiger partial charge >= 0.3 is 0 Å². The zero-order valence-corrected chi connectivity index (χ0v) is 11.8. The number of likely N-dealkylation sites (tertiary alicyclic amines) is 1. The van der Waals surface area contributed by atoms with Crippen LogP contribution < -0.4 is 5.32 Å². The van der Waals surface area contributed by atoms with Gasteiger partial charge in [0.1, 0.15) is 5.69 Å². The first kappa shape index (κ1) is 14.5.